The van der Waals surface area contributed by atoms with Gasteiger partial charge in [-0.25, -0.2) is 8.42 Å². The predicted octanol–water partition coefficient (Wildman–Crippen LogP) is 5.91. The van der Waals surface area contributed by atoms with Crippen LogP contribution in [0.25, 0.3) is 0 Å². The quantitative estimate of drug-likeness (QED) is 0.315. The lowest BCUT2D eigenvalue weighted by Crippen LogP contribution is -2.41. The molecule has 0 spiro atoms. The third-order valence-corrected chi connectivity index (χ3v) is 8.14. The number of anilines is 1. The Morgan fingerprint density at radius 3 is 2.39 bits per heavy atom. The highest BCUT2D eigenvalue weighted by Gasteiger charge is 2.33. The van der Waals surface area contributed by atoms with Crippen molar-refractivity contribution < 1.29 is 26.4 Å². The first-order valence-electron chi connectivity index (χ1n) is 10.8. The van der Waals surface area contributed by atoms with E-state index in [4.69, 9.17) is 11.6 Å². The van der Waals surface area contributed by atoms with Gasteiger partial charge in [0.25, 0.3) is 10.0 Å². The van der Waals surface area contributed by atoms with E-state index in [9.17, 15) is 26.4 Å². The average Bonchev–Trinajstić information content (AvgIpc) is 2.82. The Balaban J connectivity index is 1.73. The van der Waals surface area contributed by atoms with E-state index in [2.05, 4.69) is 5.32 Å². The molecule has 0 atom stereocenters. The SMILES string of the molecule is Cc1ccc(S(=O)(=O)N(CC(=O)NCCSCc2cccc(Cl)c2)c2cccc(C(F)(F)F)c2)cc1. The van der Waals surface area contributed by atoms with E-state index in [1.54, 1.807) is 36.9 Å². The normalized spacial score (nSPS) is 11.8. The number of sulfonamides is 1. The van der Waals surface area contributed by atoms with E-state index in [1.807, 2.05) is 18.2 Å². The number of alkyl halides is 3. The third kappa shape index (κ3) is 7.65. The lowest BCUT2D eigenvalue weighted by atomic mass is 10.2. The summed E-state index contributed by atoms with van der Waals surface area (Å²) in [6, 6.07) is 17.2. The van der Waals surface area contributed by atoms with Crippen molar-refractivity contribution in [3.63, 3.8) is 0 Å². The minimum absolute atomic E-state index is 0.129. The Morgan fingerprint density at radius 1 is 1.03 bits per heavy atom. The van der Waals surface area contributed by atoms with Crippen molar-refractivity contribution in [3.05, 3.63) is 94.5 Å². The van der Waals surface area contributed by atoms with Crippen LogP contribution < -0.4 is 9.62 Å². The van der Waals surface area contributed by atoms with Crippen molar-refractivity contribution >= 4 is 45.0 Å². The average molecular weight is 557 g/mol. The first-order chi connectivity index (χ1) is 17.0. The van der Waals surface area contributed by atoms with Crippen molar-refractivity contribution in [3.8, 4) is 0 Å². The molecule has 3 aromatic carbocycles. The van der Waals surface area contributed by atoms with Crippen LogP contribution in [-0.2, 0) is 26.7 Å². The minimum Gasteiger partial charge on any atom is -0.354 e. The summed E-state index contributed by atoms with van der Waals surface area (Å²) in [5.74, 6) is 0.590. The lowest BCUT2D eigenvalue weighted by molar-refractivity contribution is -0.137. The van der Waals surface area contributed by atoms with Gasteiger partial charge in [0.1, 0.15) is 6.54 Å². The number of hydrogen-bond acceptors (Lipinski definition) is 4. The van der Waals surface area contributed by atoms with Gasteiger partial charge in [-0.3, -0.25) is 9.10 Å². The van der Waals surface area contributed by atoms with E-state index in [1.165, 1.54) is 18.2 Å². The standard InChI is InChI=1S/C25H24ClF3N2O3S2/c1-18-8-10-23(11-9-18)36(33,34)31(22-7-3-5-20(15-22)25(27,28)29)16-24(32)30-12-13-35-17-19-4-2-6-21(26)14-19/h2-11,14-15H,12-13,16-17H2,1H3,(H,30,32). The van der Waals surface area contributed by atoms with Gasteiger partial charge in [0, 0.05) is 23.1 Å². The molecule has 11 heteroatoms. The Labute approximate surface area is 217 Å². The fourth-order valence-corrected chi connectivity index (χ4v) is 5.69. The smallest absolute Gasteiger partial charge is 0.354 e. The molecule has 1 amide bonds. The Hall–Kier alpha value is -2.69. The van der Waals surface area contributed by atoms with Gasteiger partial charge in [-0.1, -0.05) is 47.5 Å². The number of nitrogens with one attached hydrogen (secondary N) is 1. The van der Waals surface area contributed by atoms with Gasteiger partial charge in [0.2, 0.25) is 5.91 Å². The van der Waals surface area contributed by atoms with Crippen molar-refractivity contribution in [2.45, 2.75) is 23.7 Å². The van der Waals surface area contributed by atoms with Crippen LogP contribution in [0.1, 0.15) is 16.7 Å². The van der Waals surface area contributed by atoms with E-state index >= 15 is 0 Å². The number of halogens is 4. The Morgan fingerprint density at radius 2 is 1.72 bits per heavy atom. The highest BCUT2D eigenvalue weighted by molar-refractivity contribution is 7.98. The lowest BCUT2D eigenvalue weighted by Gasteiger charge is -2.25. The van der Waals surface area contributed by atoms with Crippen LogP contribution in [0.3, 0.4) is 0 Å². The molecule has 0 bridgehead atoms. The van der Waals surface area contributed by atoms with Gasteiger partial charge in [-0.15, -0.1) is 0 Å². The molecule has 0 aliphatic heterocycles. The molecular formula is C25H24ClF3N2O3S2. The molecule has 0 saturated heterocycles. The number of thioether (sulfide) groups is 1. The largest absolute Gasteiger partial charge is 0.416 e. The zero-order valence-electron chi connectivity index (χ0n) is 19.3. The Kier molecular flexibility index (Phi) is 9.32. The maximum atomic E-state index is 13.4. The van der Waals surface area contributed by atoms with Crippen LogP contribution in [0.5, 0.6) is 0 Å². The first-order valence-corrected chi connectivity index (χ1v) is 13.8. The summed E-state index contributed by atoms with van der Waals surface area (Å²) in [4.78, 5) is 12.5. The molecule has 0 aromatic heterocycles. The second-order valence-corrected chi connectivity index (χ2v) is 11.3. The molecular weight excluding hydrogens is 533 g/mol. The number of amides is 1. The number of hydrogen-bond donors (Lipinski definition) is 1. The van der Waals surface area contributed by atoms with Crippen molar-refractivity contribution in [1.29, 1.82) is 0 Å². The molecule has 0 unspecified atom stereocenters. The summed E-state index contributed by atoms with van der Waals surface area (Å²) in [7, 11) is -4.32. The first kappa shape index (κ1) is 27.9. The highest BCUT2D eigenvalue weighted by Crippen LogP contribution is 2.33. The van der Waals surface area contributed by atoms with Crippen molar-refractivity contribution in [1.82, 2.24) is 5.32 Å². The van der Waals surface area contributed by atoms with Gasteiger partial charge in [0.05, 0.1) is 16.1 Å². The fraction of sp³-hybridized carbons (Fsp3) is 0.240. The van der Waals surface area contributed by atoms with E-state index < -0.39 is 34.2 Å². The van der Waals surface area contributed by atoms with Crippen LogP contribution in [-0.4, -0.2) is 33.2 Å². The van der Waals surface area contributed by atoms with E-state index in [0.29, 0.717) is 20.8 Å². The van der Waals surface area contributed by atoms with Gasteiger partial charge >= 0.3 is 6.18 Å². The zero-order chi connectivity index (χ0) is 26.3. The van der Waals surface area contributed by atoms with Crippen LogP contribution in [0.15, 0.2) is 77.7 Å². The van der Waals surface area contributed by atoms with Crippen molar-refractivity contribution in [2.24, 2.45) is 0 Å². The number of rotatable bonds is 10. The van der Waals surface area contributed by atoms with Crippen LogP contribution in [0.2, 0.25) is 5.02 Å². The minimum atomic E-state index is -4.67. The molecule has 0 aliphatic rings. The number of aryl methyl sites for hydroxylation is 1. The van der Waals surface area contributed by atoms with E-state index in [0.717, 1.165) is 29.3 Å². The van der Waals surface area contributed by atoms with Crippen LogP contribution in [0.4, 0.5) is 18.9 Å². The molecule has 3 rings (SSSR count). The van der Waals surface area contributed by atoms with Gasteiger partial charge in [-0.05, 0) is 55.0 Å². The molecule has 0 saturated carbocycles. The van der Waals surface area contributed by atoms with Gasteiger partial charge < -0.3 is 5.32 Å². The number of carbonyl (C=O) groups is 1. The summed E-state index contributed by atoms with van der Waals surface area (Å²) < 4.78 is 67.3. The van der Waals surface area contributed by atoms with Crippen LogP contribution in [0, 0.1) is 6.92 Å². The molecule has 192 valence electrons. The zero-order valence-corrected chi connectivity index (χ0v) is 21.6. The molecule has 1 N–H and O–H groups in total. The molecule has 3 aromatic rings. The summed E-state index contributed by atoms with van der Waals surface area (Å²) in [6.45, 7) is 1.36. The number of nitrogens with zero attached hydrogens (tertiary/aromatic N) is 1. The summed E-state index contributed by atoms with van der Waals surface area (Å²) in [5.41, 5.74) is 0.573. The highest BCUT2D eigenvalue weighted by atomic mass is 35.5. The fourth-order valence-electron chi connectivity index (χ4n) is 3.26. The second-order valence-electron chi connectivity index (χ2n) is 7.91. The summed E-state index contributed by atoms with van der Waals surface area (Å²) in [6.07, 6.45) is -4.67. The molecule has 0 aliphatic carbocycles. The molecule has 0 fully saturated rings. The topological polar surface area (TPSA) is 66.5 Å². The second kappa shape index (κ2) is 12.0. The van der Waals surface area contributed by atoms with Crippen molar-refractivity contribution in [2.75, 3.05) is 23.1 Å². The third-order valence-electron chi connectivity index (χ3n) is 5.08. The molecule has 0 radical (unpaired) electrons. The monoisotopic (exact) mass is 556 g/mol. The summed E-state index contributed by atoms with van der Waals surface area (Å²) >= 11 is 7.52. The van der Waals surface area contributed by atoms with Crippen LogP contribution >= 0.6 is 23.4 Å². The molecule has 36 heavy (non-hydrogen) atoms. The maximum absolute atomic E-state index is 13.4. The molecule has 5 nitrogen and oxygen atoms in total. The number of benzene rings is 3. The Bertz CT molecular complexity index is 1300. The van der Waals surface area contributed by atoms with Gasteiger partial charge in [0.15, 0.2) is 0 Å². The predicted molar refractivity (Wildman–Crippen MR) is 138 cm³/mol. The van der Waals surface area contributed by atoms with E-state index in [-0.39, 0.29) is 17.1 Å². The maximum Gasteiger partial charge on any atom is 0.416 e. The van der Waals surface area contributed by atoms with Gasteiger partial charge in [-0.2, -0.15) is 24.9 Å². The summed E-state index contributed by atoms with van der Waals surface area (Å²) in [5, 5.41) is 3.27. The number of carbonyl (C=O) groups excluding carboxylic acids is 1. The molecule has 0 heterocycles.